The predicted molar refractivity (Wildman–Crippen MR) is 87.4 cm³/mol. The van der Waals surface area contributed by atoms with Gasteiger partial charge in [0.15, 0.2) is 5.82 Å². The molecule has 0 aliphatic heterocycles. The minimum Gasteiger partial charge on any atom is -0.360 e. The molecule has 0 saturated carbocycles. The molecule has 114 valence electrons. The smallest absolute Gasteiger partial charge is 0.175 e. The highest BCUT2D eigenvalue weighted by atomic mass is 32.1. The van der Waals surface area contributed by atoms with Crippen LogP contribution in [0.1, 0.15) is 35.5 Å². The Kier molecular flexibility index (Phi) is 4.15. The van der Waals surface area contributed by atoms with Gasteiger partial charge in [0.25, 0.3) is 0 Å². The third kappa shape index (κ3) is 3.14. The fourth-order valence-corrected chi connectivity index (χ4v) is 2.90. The first-order valence-corrected chi connectivity index (χ1v) is 8.05. The summed E-state index contributed by atoms with van der Waals surface area (Å²) >= 11 is 1.73. The first kappa shape index (κ1) is 14.6. The van der Waals surface area contributed by atoms with Gasteiger partial charge in [-0.2, -0.15) is 5.10 Å². The van der Waals surface area contributed by atoms with Gasteiger partial charge >= 0.3 is 0 Å². The zero-order valence-electron chi connectivity index (χ0n) is 12.8. The minimum atomic E-state index is 0.109. The second-order valence-electron chi connectivity index (χ2n) is 5.06. The summed E-state index contributed by atoms with van der Waals surface area (Å²) in [6, 6.07) is 5.85. The quantitative estimate of drug-likeness (QED) is 0.783. The summed E-state index contributed by atoms with van der Waals surface area (Å²) in [5.74, 6) is 1.43. The van der Waals surface area contributed by atoms with Crippen molar-refractivity contribution in [1.29, 1.82) is 0 Å². The second kappa shape index (κ2) is 6.23. The molecule has 0 saturated heterocycles. The molecule has 0 radical (unpaired) electrons. The van der Waals surface area contributed by atoms with Crippen molar-refractivity contribution >= 4 is 17.2 Å². The van der Waals surface area contributed by atoms with Crippen LogP contribution in [0.25, 0.3) is 5.82 Å². The van der Waals surface area contributed by atoms with Gasteiger partial charge in [-0.3, -0.25) is 0 Å². The first-order chi connectivity index (χ1) is 10.7. The van der Waals surface area contributed by atoms with Gasteiger partial charge in [-0.25, -0.2) is 9.67 Å². The number of thiazole rings is 1. The van der Waals surface area contributed by atoms with E-state index < -0.39 is 0 Å². The maximum absolute atomic E-state index is 4.44. The summed E-state index contributed by atoms with van der Waals surface area (Å²) in [5, 5.41) is 17.1. The van der Waals surface area contributed by atoms with Crippen molar-refractivity contribution in [2.45, 2.75) is 33.2 Å². The molecule has 0 aliphatic rings. The van der Waals surface area contributed by atoms with E-state index in [1.54, 1.807) is 16.0 Å². The van der Waals surface area contributed by atoms with E-state index in [-0.39, 0.29) is 6.04 Å². The molecule has 3 aromatic rings. The zero-order valence-corrected chi connectivity index (χ0v) is 13.6. The lowest BCUT2D eigenvalue weighted by molar-refractivity contribution is 0.794. The number of nitrogens with zero attached hydrogens (tertiary/aromatic N) is 5. The molecule has 3 heterocycles. The van der Waals surface area contributed by atoms with Crippen molar-refractivity contribution in [3.63, 3.8) is 0 Å². The molecule has 0 aliphatic carbocycles. The highest BCUT2D eigenvalue weighted by Crippen LogP contribution is 2.23. The first-order valence-electron chi connectivity index (χ1n) is 7.23. The van der Waals surface area contributed by atoms with Gasteiger partial charge in [0.1, 0.15) is 10.8 Å². The Labute approximate surface area is 133 Å². The Bertz CT molecular complexity index is 745. The van der Waals surface area contributed by atoms with Crippen LogP contribution in [-0.2, 0) is 6.42 Å². The Balaban J connectivity index is 1.70. The molecule has 6 nitrogen and oxygen atoms in total. The molecule has 0 amide bonds. The number of hydrogen-bond donors (Lipinski definition) is 1. The number of anilines is 1. The van der Waals surface area contributed by atoms with E-state index in [0.29, 0.717) is 5.82 Å². The van der Waals surface area contributed by atoms with E-state index in [0.717, 1.165) is 22.9 Å². The molecule has 0 bridgehead atoms. The van der Waals surface area contributed by atoms with E-state index in [9.17, 15) is 0 Å². The Morgan fingerprint density at radius 1 is 1.27 bits per heavy atom. The fraction of sp³-hybridized carbons (Fsp3) is 0.333. The Morgan fingerprint density at radius 3 is 2.73 bits per heavy atom. The number of rotatable bonds is 5. The molecule has 3 rings (SSSR count). The van der Waals surface area contributed by atoms with Gasteiger partial charge in [-0.05, 0) is 38.5 Å². The van der Waals surface area contributed by atoms with Crippen molar-refractivity contribution in [2.75, 3.05) is 5.32 Å². The summed E-state index contributed by atoms with van der Waals surface area (Å²) in [6.45, 7) is 6.15. The van der Waals surface area contributed by atoms with Crippen LogP contribution in [0.2, 0.25) is 0 Å². The van der Waals surface area contributed by atoms with Gasteiger partial charge < -0.3 is 5.32 Å². The standard InChI is InChI=1S/C15H18N6S/c1-4-12-9-16-15(22-12)11(3)17-13-5-6-14(19-18-13)21-8-7-10(2)20-21/h5-9,11H,4H2,1-3H3,(H,17,18). The van der Waals surface area contributed by atoms with Crippen molar-refractivity contribution in [3.8, 4) is 5.82 Å². The predicted octanol–water partition coefficient (Wildman–Crippen LogP) is 3.16. The molecule has 3 aromatic heterocycles. The maximum Gasteiger partial charge on any atom is 0.175 e. The summed E-state index contributed by atoms with van der Waals surface area (Å²) in [6.07, 6.45) is 4.83. The molecule has 1 atom stereocenters. The number of aryl methyl sites for hydroxylation is 2. The average molecular weight is 314 g/mol. The van der Waals surface area contributed by atoms with Crippen LogP contribution in [0.3, 0.4) is 0 Å². The van der Waals surface area contributed by atoms with E-state index in [1.807, 2.05) is 37.5 Å². The summed E-state index contributed by atoms with van der Waals surface area (Å²) in [7, 11) is 0. The van der Waals surface area contributed by atoms with E-state index >= 15 is 0 Å². The van der Waals surface area contributed by atoms with Crippen LogP contribution in [-0.4, -0.2) is 25.0 Å². The van der Waals surface area contributed by atoms with Gasteiger partial charge in [0, 0.05) is 17.3 Å². The van der Waals surface area contributed by atoms with E-state index in [1.165, 1.54) is 4.88 Å². The van der Waals surface area contributed by atoms with E-state index in [2.05, 4.69) is 39.4 Å². The van der Waals surface area contributed by atoms with Crippen LogP contribution in [0.5, 0.6) is 0 Å². The molecule has 7 heteroatoms. The molecule has 1 unspecified atom stereocenters. The molecular formula is C15H18N6S. The molecule has 22 heavy (non-hydrogen) atoms. The largest absolute Gasteiger partial charge is 0.360 e. The maximum atomic E-state index is 4.44. The SMILES string of the molecule is CCc1cnc(C(C)Nc2ccc(-n3ccc(C)n3)nn2)s1. The molecule has 1 N–H and O–H groups in total. The normalized spacial score (nSPS) is 12.3. The number of nitrogens with one attached hydrogen (secondary N) is 1. The zero-order chi connectivity index (χ0) is 15.5. The van der Waals surface area contributed by atoms with Crippen LogP contribution in [0, 0.1) is 6.92 Å². The van der Waals surface area contributed by atoms with Crippen LogP contribution < -0.4 is 5.32 Å². The number of aromatic nitrogens is 5. The summed E-state index contributed by atoms with van der Waals surface area (Å²) in [4.78, 5) is 5.74. The third-order valence-electron chi connectivity index (χ3n) is 3.26. The molecular weight excluding hydrogens is 296 g/mol. The van der Waals surface area contributed by atoms with Gasteiger partial charge in [0.2, 0.25) is 0 Å². The molecule has 0 spiro atoms. The lowest BCUT2D eigenvalue weighted by atomic mass is 10.3. The number of hydrogen-bond acceptors (Lipinski definition) is 6. The topological polar surface area (TPSA) is 68.5 Å². The highest BCUT2D eigenvalue weighted by Gasteiger charge is 2.11. The lowest BCUT2D eigenvalue weighted by Crippen LogP contribution is -2.09. The van der Waals surface area contributed by atoms with Crippen molar-refractivity contribution in [1.82, 2.24) is 25.0 Å². The lowest BCUT2D eigenvalue weighted by Gasteiger charge is -2.11. The van der Waals surface area contributed by atoms with Crippen molar-refractivity contribution < 1.29 is 0 Å². The van der Waals surface area contributed by atoms with Gasteiger partial charge in [0.05, 0.1) is 11.7 Å². The average Bonchev–Trinajstić information content (AvgIpc) is 3.17. The minimum absolute atomic E-state index is 0.109. The summed E-state index contributed by atoms with van der Waals surface area (Å²) < 4.78 is 1.71. The van der Waals surface area contributed by atoms with Crippen LogP contribution >= 0.6 is 11.3 Å². The monoisotopic (exact) mass is 314 g/mol. The third-order valence-corrected chi connectivity index (χ3v) is 4.59. The van der Waals surface area contributed by atoms with Crippen molar-refractivity contribution in [2.24, 2.45) is 0 Å². The fourth-order valence-electron chi connectivity index (χ4n) is 2.04. The second-order valence-corrected chi connectivity index (χ2v) is 6.21. The molecule has 0 aromatic carbocycles. The van der Waals surface area contributed by atoms with Crippen LogP contribution in [0.4, 0.5) is 5.82 Å². The summed E-state index contributed by atoms with van der Waals surface area (Å²) in [5.41, 5.74) is 0.952. The molecule has 0 fully saturated rings. The Hall–Kier alpha value is -2.28. The highest BCUT2D eigenvalue weighted by molar-refractivity contribution is 7.11. The Morgan fingerprint density at radius 2 is 2.14 bits per heavy atom. The van der Waals surface area contributed by atoms with Gasteiger partial charge in [-0.15, -0.1) is 21.5 Å². The van der Waals surface area contributed by atoms with E-state index in [4.69, 9.17) is 0 Å². The van der Waals surface area contributed by atoms with Gasteiger partial charge in [-0.1, -0.05) is 6.92 Å². The van der Waals surface area contributed by atoms with Crippen molar-refractivity contribution in [3.05, 3.63) is 46.2 Å². The van der Waals surface area contributed by atoms with Crippen LogP contribution in [0.15, 0.2) is 30.6 Å².